The molecule has 2 heterocycles. The summed E-state index contributed by atoms with van der Waals surface area (Å²) in [6.07, 6.45) is 0. The van der Waals surface area contributed by atoms with Crippen molar-refractivity contribution in [2.75, 3.05) is 0 Å². The van der Waals surface area contributed by atoms with Gasteiger partial charge in [-0.25, -0.2) is 15.0 Å². The molecular weight excluding hydrogens is 683 g/mol. The molecule has 0 bridgehead atoms. The molecule has 0 saturated heterocycles. The Morgan fingerprint density at radius 1 is 0.286 bits per heavy atom. The van der Waals surface area contributed by atoms with Gasteiger partial charge in [0.2, 0.25) is 0 Å². The van der Waals surface area contributed by atoms with Crippen molar-refractivity contribution >= 4 is 0 Å². The Balaban J connectivity index is 1.14. The molecule has 4 nitrogen and oxygen atoms in total. The number of nitrogens with zero attached hydrogens (tertiary/aromatic N) is 3. The lowest BCUT2D eigenvalue weighted by Crippen LogP contribution is -2.32. The zero-order valence-corrected chi connectivity index (χ0v) is 30.3. The second kappa shape index (κ2) is 12.9. The van der Waals surface area contributed by atoms with Gasteiger partial charge < -0.3 is 4.74 Å². The highest BCUT2D eigenvalue weighted by Gasteiger charge is 2.51. The maximum absolute atomic E-state index is 6.68. The second-order valence-electron chi connectivity index (χ2n) is 14.3. The van der Waals surface area contributed by atoms with Gasteiger partial charge in [0, 0.05) is 27.8 Å². The van der Waals surface area contributed by atoms with E-state index in [1.165, 1.54) is 38.9 Å². The lowest BCUT2D eigenvalue weighted by Gasteiger charge is -2.39. The van der Waals surface area contributed by atoms with Crippen LogP contribution in [-0.4, -0.2) is 15.0 Å². The lowest BCUT2D eigenvalue weighted by atomic mass is 9.65. The summed E-state index contributed by atoms with van der Waals surface area (Å²) in [4.78, 5) is 15.2. The first-order valence-electron chi connectivity index (χ1n) is 18.9. The lowest BCUT2D eigenvalue weighted by molar-refractivity contribution is 0.436. The number of aromatic nitrogens is 3. The first kappa shape index (κ1) is 32.0. The Labute approximate surface area is 325 Å². The van der Waals surface area contributed by atoms with Gasteiger partial charge in [-0.15, -0.1) is 0 Å². The van der Waals surface area contributed by atoms with E-state index >= 15 is 0 Å². The number of hydrogen-bond donors (Lipinski definition) is 0. The smallest absolute Gasteiger partial charge is 0.164 e. The third-order valence-corrected chi connectivity index (χ3v) is 11.2. The number of ether oxygens (including phenoxy) is 1. The summed E-state index contributed by atoms with van der Waals surface area (Å²) in [5.41, 5.74) is 13.9. The van der Waals surface area contributed by atoms with E-state index in [-0.39, 0.29) is 0 Å². The third-order valence-electron chi connectivity index (χ3n) is 11.2. The number of hydrogen-bond acceptors (Lipinski definition) is 4. The number of rotatable bonds is 5. The summed E-state index contributed by atoms with van der Waals surface area (Å²) < 4.78 is 6.68. The molecule has 56 heavy (non-hydrogen) atoms. The fraction of sp³-hybridized carbons (Fsp3) is 0.0192. The minimum absolute atomic E-state index is 0.624. The molecule has 8 aromatic carbocycles. The average molecular weight is 716 g/mol. The normalized spacial score (nSPS) is 12.9. The molecular formula is C52H33N3O. The van der Waals surface area contributed by atoms with Crippen LogP contribution in [0.15, 0.2) is 200 Å². The Morgan fingerprint density at radius 2 is 0.643 bits per heavy atom. The highest BCUT2D eigenvalue weighted by molar-refractivity contribution is 5.91. The van der Waals surface area contributed by atoms with Crippen molar-refractivity contribution in [3.05, 3.63) is 222 Å². The molecule has 0 amide bonds. The molecule has 0 atom stereocenters. The molecule has 0 fully saturated rings. The van der Waals surface area contributed by atoms with Crippen molar-refractivity contribution in [2.24, 2.45) is 0 Å². The molecule has 1 aromatic heterocycles. The van der Waals surface area contributed by atoms with Crippen LogP contribution in [0.2, 0.25) is 0 Å². The van der Waals surface area contributed by atoms with E-state index in [2.05, 4.69) is 140 Å². The predicted molar refractivity (Wildman–Crippen MR) is 224 cm³/mol. The van der Waals surface area contributed by atoms with Crippen molar-refractivity contribution < 1.29 is 4.74 Å². The molecule has 262 valence electrons. The third kappa shape index (κ3) is 5.04. The van der Waals surface area contributed by atoms with Gasteiger partial charge in [0.25, 0.3) is 0 Å². The van der Waals surface area contributed by atoms with Gasteiger partial charge in [0.15, 0.2) is 17.5 Å². The molecule has 1 spiro atoms. The highest BCUT2D eigenvalue weighted by atomic mass is 16.5. The summed E-state index contributed by atoms with van der Waals surface area (Å²) in [6.45, 7) is 0. The first-order chi connectivity index (χ1) is 27.7. The molecule has 0 unspecified atom stereocenters. The Morgan fingerprint density at radius 3 is 1.16 bits per heavy atom. The first-order valence-corrected chi connectivity index (χ1v) is 18.9. The van der Waals surface area contributed by atoms with Crippen molar-refractivity contribution in [2.45, 2.75) is 5.41 Å². The van der Waals surface area contributed by atoms with Gasteiger partial charge in [-0.05, 0) is 68.8 Å². The molecule has 9 aromatic rings. The maximum Gasteiger partial charge on any atom is 0.164 e. The standard InChI is InChI=1S/C52H33N3O/c1-4-14-34(15-5-1)35-24-26-36(27-25-35)39-28-30-41-42-31-29-40(51-54-49(37-16-6-2-7-17-37)53-50(55-51)38-18-8-3-9-19-38)33-46(42)52(45(41)32-39)43-20-10-12-22-47(43)56-48-23-13-11-21-44(48)52/h1-33H. The van der Waals surface area contributed by atoms with Crippen LogP contribution in [-0.2, 0) is 5.41 Å². The summed E-state index contributed by atoms with van der Waals surface area (Å²) in [7, 11) is 0. The van der Waals surface area contributed by atoms with Gasteiger partial charge in [0.05, 0.1) is 5.41 Å². The zero-order chi connectivity index (χ0) is 37.1. The Bertz CT molecular complexity index is 2820. The van der Waals surface area contributed by atoms with Crippen molar-refractivity contribution in [1.29, 1.82) is 0 Å². The van der Waals surface area contributed by atoms with Crippen molar-refractivity contribution in [1.82, 2.24) is 15.0 Å². The van der Waals surface area contributed by atoms with Crippen LogP contribution in [0, 0.1) is 0 Å². The quantitative estimate of drug-likeness (QED) is 0.178. The van der Waals surface area contributed by atoms with E-state index in [1.54, 1.807) is 0 Å². The molecule has 11 rings (SSSR count). The minimum atomic E-state index is -0.663. The second-order valence-corrected chi connectivity index (χ2v) is 14.3. The van der Waals surface area contributed by atoms with Crippen LogP contribution in [0.3, 0.4) is 0 Å². The van der Waals surface area contributed by atoms with Gasteiger partial charge in [-0.3, -0.25) is 0 Å². The molecule has 0 radical (unpaired) electrons. The van der Waals surface area contributed by atoms with E-state index in [4.69, 9.17) is 19.7 Å². The molecule has 1 aliphatic heterocycles. The fourth-order valence-corrected chi connectivity index (χ4v) is 8.64. The van der Waals surface area contributed by atoms with Crippen LogP contribution in [0.25, 0.3) is 67.5 Å². The van der Waals surface area contributed by atoms with Crippen LogP contribution in [0.4, 0.5) is 0 Å². The largest absolute Gasteiger partial charge is 0.457 e. The number of para-hydroxylation sites is 2. The Kier molecular flexibility index (Phi) is 7.36. The number of benzene rings is 8. The van der Waals surface area contributed by atoms with E-state index in [9.17, 15) is 0 Å². The summed E-state index contributed by atoms with van der Waals surface area (Å²) >= 11 is 0. The number of fused-ring (bicyclic) bond motifs is 9. The van der Waals surface area contributed by atoms with Gasteiger partial charge in [0.1, 0.15) is 11.5 Å². The van der Waals surface area contributed by atoms with Crippen LogP contribution >= 0.6 is 0 Å². The van der Waals surface area contributed by atoms with Crippen LogP contribution < -0.4 is 4.74 Å². The van der Waals surface area contributed by atoms with Gasteiger partial charge >= 0.3 is 0 Å². The summed E-state index contributed by atoms with van der Waals surface area (Å²) in [5.74, 6) is 3.60. The fourth-order valence-electron chi connectivity index (χ4n) is 8.64. The zero-order valence-electron chi connectivity index (χ0n) is 30.3. The minimum Gasteiger partial charge on any atom is -0.457 e. The van der Waals surface area contributed by atoms with E-state index in [1.807, 2.05) is 60.7 Å². The van der Waals surface area contributed by atoms with Crippen molar-refractivity contribution in [3.8, 4) is 79.0 Å². The van der Waals surface area contributed by atoms with Gasteiger partial charge in [-0.2, -0.15) is 0 Å². The SMILES string of the molecule is c1ccc(-c2ccc(-c3ccc4c(c3)C3(c5ccccc5Oc5ccccc53)c3cc(-c5nc(-c6ccccc6)nc(-c6ccccc6)n5)ccc3-4)cc2)cc1. The monoisotopic (exact) mass is 715 g/mol. The molecule has 1 aliphatic carbocycles. The van der Waals surface area contributed by atoms with E-state index in [0.29, 0.717) is 17.5 Å². The summed E-state index contributed by atoms with van der Waals surface area (Å²) in [6, 6.07) is 70.4. The van der Waals surface area contributed by atoms with Gasteiger partial charge in [-0.1, -0.05) is 176 Å². The average Bonchev–Trinajstić information content (AvgIpc) is 3.56. The molecule has 2 aliphatic rings. The topological polar surface area (TPSA) is 47.9 Å². The molecule has 0 N–H and O–H groups in total. The van der Waals surface area contributed by atoms with E-state index < -0.39 is 5.41 Å². The highest BCUT2D eigenvalue weighted by Crippen LogP contribution is 2.62. The molecule has 4 heteroatoms. The Hall–Kier alpha value is -7.43. The van der Waals surface area contributed by atoms with Crippen LogP contribution in [0.5, 0.6) is 11.5 Å². The summed E-state index contributed by atoms with van der Waals surface area (Å²) in [5, 5.41) is 0. The van der Waals surface area contributed by atoms with E-state index in [0.717, 1.165) is 44.9 Å². The maximum atomic E-state index is 6.68. The van der Waals surface area contributed by atoms with Crippen molar-refractivity contribution in [3.63, 3.8) is 0 Å². The molecule has 0 saturated carbocycles. The van der Waals surface area contributed by atoms with Crippen LogP contribution in [0.1, 0.15) is 22.3 Å². The predicted octanol–water partition coefficient (Wildman–Crippen LogP) is 12.7.